The summed E-state index contributed by atoms with van der Waals surface area (Å²) in [6.45, 7) is -0.600. The van der Waals surface area contributed by atoms with Gasteiger partial charge in [-0.05, 0) is 54.4 Å². The van der Waals surface area contributed by atoms with E-state index in [9.17, 15) is 33.2 Å². The zero-order valence-corrected chi connectivity index (χ0v) is 21.1. The van der Waals surface area contributed by atoms with Crippen LogP contribution in [0.5, 0.6) is 0 Å². The van der Waals surface area contributed by atoms with Crippen LogP contribution in [0.1, 0.15) is 5.56 Å². The van der Waals surface area contributed by atoms with Gasteiger partial charge < -0.3 is 10.4 Å². The van der Waals surface area contributed by atoms with Gasteiger partial charge in [-0.3, -0.25) is 24.1 Å². The molecular formula is C23H18Cl2N4O7S. The number of urea groups is 1. The Hall–Kier alpha value is -3.87. The molecule has 0 saturated heterocycles. The summed E-state index contributed by atoms with van der Waals surface area (Å²) >= 11 is 11.9. The van der Waals surface area contributed by atoms with Gasteiger partial charge in [0.25, 0.3) is 15.7 Å². The number of nitrogens with one attached hydrogen (secondary N) is 1. The number of carboxylic acids is 1. The molecule has 0 radical (unpaired) electrons. The molecule has 0 aromatic heterocycles. The molecule has 1 aliphatic heterocycles. The number of halogens is 2. The third-order valence-corrected chi connectivity index (χ3v) is 7.69. The Balaban J connectivity index is 1.63. The van der Waals surface area contributed by atoms with E-state index < -0.39 is 33.5 Å². The van der Waals surface area contributed by atoms with Gasteiger partial charge in [0.1, 0.15) is 6.54 Å². The van der Waals surface area contributed by atoms with Gasteiger partial charge in [0.15, 0.2) is 0 Å². The molecule has 4 rings (SSSR count). The molecule has 2 amide bonds. The first-order valence-electron chi connectivity index (χ1n) is 10.6. The summed E-state index contributed by atoms with van der Waals surface area (Å²) in [5.41, 5.74) is 1.25. The minimum atomic E-state index is -4.36. The Morgan fingerprint density at radius 3 is 2.43 bits per heavy atom. The molecule has 0 spiro atoms. The maximum Gasteiger partial charge on any atom is 0.326 e. The minimum Gasteiger partial charge on any atom is -0.480 e. The number of carbonyl (C=O) groups excluding carboxylic acids is 1. The molecule has 0 saturated carbocycles. The van der Waals surface area contributed by atoms with Gasteiger partial charge in [-0.1, -0.05) is 29.3 Å². The number of hydrogen-bond donors (Lipinski definition) is 2. The predicted octanol–water partition coefficient (Wildman–Crippen LogP) is 4.78. The van der Waals surface area contributed by atoms with Crippen molar-refractivity contribution in [2.45, 2.75) is 11.3 Å². The number of nitrogens with zero attached hydrogens (tertiary/aromatic N) is 3. The highest BCUT2D eigenvalue weighted by Gasteiger charge is 2.31. The second-order valence-electron chi connectivity index (χ2n) is 7.96. The third-order valence-electron chi connectivity index (χ3n) is 5.50. The van der Waals surface area contributed by atoms with Crippen molar-refractivity contribution < 1.29 is 28.0 Å². The molecule has 3 aromatic carbocycles. The molecule has 3 aromatic rings. The number of carbonyl (C=O) groups is 2. The van der Waals surface area contributed by atoms with Crippen LogP contribution >= 0.6 is 23.2 Å². The van der Waals surface area contributed by atoms with Crippen molar-refractivity contribution in [2.75, 3.05) is 27.6 Å². The number of non-ortho nitro benzene ring substituents is 1. The average molecular weight is 565 g/mol. The molecule has 2 N–H and O–H groups in total. The summed E-state index contributed by atoms with van der Waals surface area (Å²) in [7, 11) is -4.36. The highest BCUT2D eigenvalue weighted by Crippen LogP contribution is 2.35. The molecule has 1 aliphatic rings. The number of nitro groups is 1. The molecule has 192 valence electrons. The minimum absolute atomic E-state index is 0.0701. The van der Waals surface area contributed by atoms with Crippen LogP contribution < -0.4 is 14.5 Å². The Kier molecular flexibility index (Phi) is 7.25. The van der Waals surface area contributed by atoms with E-state index in [0.29, 0.717) is 17.7 Å². The van der Waals surface area contributed by atoms with E-state index >= 15 is 0 Å². The highest BCUT2D eigenvalue weighted by molar-refractivity contribution is 7.92. The van der Waals surface area contributed by atoms with Crippen molar-refractivity contribution in [3.63, 3.8) is 0 Å². The van der Waals surface area contributed by atoms with Crippen molar-refractivity contribution >= 4 is 68.0 Å². The van der Waals surface area contributed by atoms with Gasteiger partial charge in [-0.2, -0.15) is 0 Å². The Morgan fingerprint density at radius 1 is 1.08 bits per heavy atom. The van der Waals surface area contributed by atoms with E-state index in [1.807, 2.05) is 0 Å². The monoisotopic (exact) mass is 564 g/mol. The number of aliphatic carboxylic acids is 1. The molecule has 14 heteroatoms. The number of sulfonamides is 1. The third kappa shape index (κ3) is 5.61. The van der Waals surface area contributed by atoms with Crippen LogP contribution in [0.2, 0.25) is 10.0 Å². The second-order valence-corrected chi connectivity index (χ2v) is 10.7. The van der Waals surface area contributed by atoms with Crippen molar-refractivity contribution in [1.82, 2.24) is 0 Å². The summed E-state index contributed by atoms with van der Waals surface area (Å²) in [6, 6.07) is 13.1. The molecule has 0 unspecified atom stereocenters. The van der Waals surface area contributed by atoms with Crippen LogP contribution in [0, 0.1) is 10.1 Å². The molecule has 0 fully saturated rings. The van der Waals surface area contributed by atoms with Crippen molar-refractivity contribution in [2.24, 2.45) is 0 Å². The molecule has 0 atom stereocenters. The summed E-state index contributed by atoms with van der Waals surface area (Å²) in [4.78, 5) is 36.0. The summed E-state index contributed by atoms with van der Waals surface area (Å²) in [5.74, 6) is -1.38. The smallest absolute Gasteiger partial charge is 0.326 e. The Labute approximate surface area is 221 Å². The number of carboxylic acid groups (broad SMARTS) is 1. The fourth-order valence-corrected chi connectivity index (χ4v) is 6.02. The standard InChI is InChI=1S/C23H18Cl2N4O7S/c24-15-9-16(25)11-20(10-15)37(35,36)28(13-22(30)31)18-4-5-21-14(8-18)6-7-27(21)23(32)26-17-2-1-3-19(12-17)29(33)34/h1-5,8-12H,6-7,13H2,(H,26,32)(H,30,31). The maximum absolute atomic E-state index is 13.3. The van der Waals surface area contributed by atoms with E-state index in [2.05, 4.69) is 5.32 Å². The second kappa shape index (κ2) is 10.2. The first-order chi connectivity index (χ1) is 17.5. The van der Waals surface area contributed by atoms with E-state index in [4.69, 9.17) is 23.2 Å². The van der Waals surface area contributed by atoms with Gasteiger partial charge in [0, 0.05) is 40.1 Å². The van der Waals surface area contributed by atoms with Crippen LogP contribution in [0.4, 0.5) is 27.5 Å². The van der Waals surface area contributed by atoms with Gasteiger partial charge in [0.05, 0.1) is 15.5 Å². The number of hydrogen-bond acceptors (Lipinski definition) is 6. The number of amides is 2. The first kappa shape index (κ1) is 26.2. The molecule has 11 nitrogen and oxygen atoms in total. The zero-order chi connectivity index (χ0) is 26.9. The fraction of sp³-hybridized carbons (Fsp3) is 0.130. The van der Waals surface area contributed by atoms with Crippen LogP contribution in [0.15, 0.2) is 65.6 Å². The van der Waals surface area contributed by atoms with Crippen LogP contribution in [-0.2, 0) is 21.2 Å². The lowest BCUT2D eigenvalue weighted by atomic mass is 10.1. The van der Waals surface area contributed by atoms with Gasteiger partial charge in [0.2, 0.25) is 0 Å². The lowest BCUT2D eigenvalue weighted by molar-refractivity contribution is -0.384. The first-order valence-corrected chi connectivity index (χ1v) is 12.8. The van der Waals surface area contributed by atoms with E-state index in [1.54, 1.807) is 0 Å². The van der Waals surface area contributed by atoms with Crippen LogP contribution in [0.3, 0.4) is 0 Å². The Bertz CT molecular complexity index is 1510. The van der Waals surface area contributed by atoms with Gasteiger partial charge >= 0.3 is 12.0 Å². The number of rotatable bonds is 7. The van der Waals surface area contributed by atoms with Crippen molar-refractivity contribution in [1.29, 1.82) is 0 Å². The lowest BCUT2D eigenvalue weighted by Gasteiger charge is -2.24. The molecular weight excluding hydrogens is 547 g/mol. The van der Waals surface area contributed by atoms with Gasteiger partial charge in [-0.25, -0.2) is 13.2 Å². The fourth-order valence-electron chi connectivity index (χ4n) is 3.89. The normalized spacial score (nSPS) is 12.6. The van der Waals surface area contributed by atoms with E-state index in [-0.39, 0.29) is 38.5 Å². The number of benzene rings is 3. The number of fused-ring (bicyclic) bond motifs is 1. The SMILES string of the molecule is O=C(O)CN(c1ccc2c(c1)CCN2C(=O)Nc1cccc([N+](=O)[O-])c1)S(=O)(=O)c1cc(Cl)cc(Cl)c1. The molecule has 1 heterocycles. The van der Waals surface area contributed by atoms with Crippen LogP contribution in [-0.4, -0.2) is 43.5 Å². The zero-order valence-electron chi connectivity index (χ0n) is 18.8. The largest absolute Gasteiger partial charge is 0.480 e. The van der Waals surface area contributed by atoms with E-state index in [1.165, 1.54) is 65.6 Å². The number of nitro benzene ring substituents is 1. The maximum atomic E-state index is 13.3. The predicted molar refractivity (Wildman–Crippen MR) is 138 cm³/mol. The van der Waals surface area contributed by atoms with Crippen molar-refractivity contribution in [3.05, 3.63) is 86.4 Å². The lowest BCUT2D eigenvalue weighted by Crippen LogP contribution is -2.36. The molecule has 0 bridgehead atoms. The van der Waals surface area contributed by atoms with Crippen LogP contribution in [0.25, 0.3) is 0 Å². The number of anilines is 3. The van der Waals surface area contributed by atoms with Crippen molar-refractivity contribution in [3.8, 4) is 0 Å². The van der Waals surface area contributed by atoms with Gasteiger partial charge in [-0.15, -0.1) is 0 Å². The molecule has 0 aliphatic carbocycles. The molecule has 37 heavy (non-hydrogen) atoms. The topological polar surface area (TPSA) is 150 Å². The highest BCUT2D eigenvalue weighted by atomic mass is 35.5. The summed E-state index contributed by atoms with van der Waals surface area (Å²) < 4.78 is 27.4. The van der Waals surface area contributed by atoms with E-state index in [0.717, 1.165) is 4.31 Å². The summed E-state index contributed by atoms with van der Waals surface area (Å²) in [6.07, 6.45) is 0.371. The summed E-state index contributed by atoms with van der Waals surface area (Å²) in [5, 5.41) is 23.2. The quantitative estimate of drug-likeness (QED) is 0.309. The average Bonchev–Trinajstić information content (AvgIpc) is 3.25. The Morgan fingerprint density at radius 2 is 1.78 bits per heavy atom.